The second-order valence-electron chi connectivity index (χ2n) is 3.05. The van der Waals surface area contributed by atoms with Gasteiger partial charge in [0.1, 0.15) is 0 Å². The van der Waals surface area contributed by atoms with E-state index in [-0.39, 0.29) is 25.6 Å². The molecule has 0 aromatic rings. The molecule has 0 aliphatic rings. The number of carbonyl (C=O) groups is 1. The molecule has 0 radical (unpaired) electrons. The van der Waals surface area contributed by atoms with Crippen LogP contribution >= 0.6 is 15.9 Å². The normalized spacial score (nSPS) is 10.6. The zero-order valence-corrected chi connectivity index (χ0v) is 9.70. The van der Waals surface area contributed by atoms with Gasteiger partial charge in [-0.15, -0.1) is 0 Å². The second-order valence-corrected chi connectivity index (χ2v) is 3.84. The van der Waals surface area contributed by atoms with Gasteiger partial charge in [0.2, 0.25) is 0 Å². The maximum atomic E-state index is 11.1. The number of hydrogen-bond acceptors (Lipinski definition) is 4. The quantitative estimate of drug-likeness (QED) is 0.386. The highest BCUT2D eigenvalue weighted by molar-refractivity contribution is 9.09. The summed E-state index contributed by atoms with van der Waals surface area (Å²) in [7, 11) is 0. The molecular formula is C9H17BrO4. The largest absolute Gasteiger partial charge is 0.466 e. The molecule has 0 aromatic heterocycles. The van der Waals surface area contributed by atoms with Crippen LogP contribution in [0.25, 0.3) is 0 Å². The van der Waals surface area contributed by atoms with E-state index in [1.807, 2.05) is 0 Å². The van der Waals surface area contributed by atoms with E-state index in [0.29, 0.717) is 6.61 Å². The topological polar surface area (TPSA) is 66.8 Å². The summed E-state index contributed by atoms with van der Waals surface area (Å²) < 4.78 is 4.90. The first-order chi connectivity index (χ1) is 6.74. The summed E-state index contributed by atoms with van der Waals surface area (Å²) in [6, 6.07) is 0. The predicted octanol–water partition coefficient (Wildman–Crippen LogP) is 0.696. The monoisotopic (exact) mass is 268 g/mol. The summed E-state index contributed by atoms with van der Waals surface area (Å²) >= 11 is 3.27. The van der Waals surface area contributed by atoms with Gasteiger partial charge in [0.25, 0.3) is 0 Å². The van der Waals surface area contributed by atoms with Gasteiger partial charge in [0.15, 0.2) is 0 Å². The summed E-state index contributed by atoms with van der Waals surface area (Å²) in [6.45, 7) is 0.0357. The van der Waals surface area contributed by atoms with Crippen LogP contribution in [0.5, 0.6) is 0 Å². The lowest BCUT2D eigenvalue weighted by Gasteiger charge is -2.09. The number of hydrogen-bond donors (Lipinski definition) is 2. The van der Waals surface area contributed by atoms with E-state index in [1.54, 1.807) is 0 Å². The molecule has 14 heavy (non-hydrogen) atoms. The van der Waals surface area contributed by atoms with E-state index < -0.39 is 5.92 Å². The smallest absolute Gasteiger partial charge is 0.306 e. The molecule has 0 aliphatic carbocycles. The molecule has 84 valence electrons. The molecule has 0 aromatic carbocycles. The Morgan fingerprint density at radius 3 is 2.43 bits per heavy atom. The van der Waals surface area contributed by atoms with Crippen LogP contribution in [0.3, 0.4) is 0 Å². The van der Waals surface area contributed by atoms with Crippen LogP contribution in [0, 0.1) is 5.92 Å². The summed E-state index contributed by atoms with van der Waals surface area (Å²) in [5.41, 5.74) is 0. The first-order valence-corrected chi connectivity index (χ1v) is 5.80. The van der Waals surface area contributed by atoms with E-state index in [4.69, 9.17) is 14.9 Å². The SMILES string of the molecule is O=C(CC(CO)CO)OCCCCBr. The Morgan fingerprint density at radius 2 is 1.93 bits per heavy atom. The lowest BCUT2D eigenvalue weighted by atomic mass is 10.1. The molecule has 0 bridgehead atoms. The number of carbonyl (C=O) groups excluding carboxylic acids is 1. The Labute approximate surface area is 92.4 Å². The third-order valence-corrected chi connectivity index (χ3v) is 2.32. The van der Waals surface area contributed by atoms with Crippen molar-refractivity contribution in [2.24, 2.45) is 5.92 Å². The second kappa shape index (κ2) is 9.43. The molecule has 0 amide bonds. The Balaban J connectivity index is 3.44. The highest BCUT2D eigenvalue weighted by atomic mass is 79.9. The number of ether oxygens (including phenoxy) is 1. The van der Waals surface area contributed by atoms with Gasteiger partial charge in [-0.25, -0.2) is 0 Å². The van der Waals surface area contributed by atoms with Crippen molar-refractivity contribution in [2.45, 2.75) is 19.3 Å². The van der Waals surface area contributed by atoms with Gasteiger partial charge in [-0.3, -0.25) is 4.79 Å². The number of aliphatic hydroxyl groups is 2. The van der Waals surface area contributed by atoms with E-state index in [2.05, 4.69) is 15.9 Å². The van der Waals surface area contributed by atoms with Crippen molar-refractivity contribution in [3.05, 3.63) is 0 Å². The molecule has 0 saturated carbocycles. The van der Waals surface area contributed by atoms with Gasteiger partial charge < -0.3 is 14.9 Å². The average Bonchev–Trinajstić information content (AvgIpc) is 2.21. The lowest BCUT2D eigenvalue weighted by molar-refractivity contribution is -0.145. The molecule has 0 saturated heterocycles. The minimum absolute atomic E-state index is 0.0846. The summed E-state index contributed by atoms with van der Waals surface area (Å²) in [6.07, 6.45) is 1.89. The Kier molecular flexibility index (Phi) is 9.34. The number of esters is 1. The number of aliphatic hydroxyl groups excluding tert-OH is 2. The summed E-state index contributed by atoms with van der Waals surface area (Å²) in [4.78, 5) is 11.1. The molecule has 0 spiro atoms. The molecule has 0 unspecified atom stereocenters. The number of alkyl halides is 1. The molecule has 0 fully saturated rings. The van der Waals surface area contributed by atoms with Gasteiger partial charge in [-0.1, -0.05) is 15.9 Å². The highest BCUT2D eigenvalue weighted by Gasteiger charge is 2.12. The lowest BCUT2D eigenvalue weighted by Crippen LogP contribution is -2.18. The fourth-order valence-electron chi connectivity index (χ4n) is 0.864. The van der Waals surface area contributed by atoms with Crippen molar-refractivity contribution < 1.29 is 19.7 Å². The zero-order chi connectivity index (χ0) is 10.8. The third kappa shape index (κ3) is 7.29. The molecule has 4 nitrogen and oxygen atoms in total. The van der Waals surface area contributed by atoms with Crippen LogP contribution in [0.1, 0.15) is 19.3 Å². The van der Waals surface area contributed by atoms with Crippen molar-refractivity contribution in [2.75, 3.05) is 25.2 Å². The third-order valence-electron chi connectivity index (χ3n) is 1.76. The maximum absolute atomic E-state index is 11.1. The van der Waals surface area contributed by atoms with Gasteiger partial charge in [-0.05, 0) is 12.8 Å². The maximum Gasteiger partial charge on any atom is 0.306 e. The highest BCUT2D eigenvalue weighted by Crippen LogP contribution is 2.03. The van der Waals surface area contributed by atoms with E-state index in [9.17, 15) is 4.79 Å². The van der Waals surface area contributed by atoms with Crippen LogP contribution in [-0.4, -0.2) is 41.3 Å². The first-order valence-electron chi connectivity index (χ1n) is 4.67. The summed E-state index contributed by atoms with van der Waals surface area (Å²) in [5, 5.41) is 18.3. The number of unbranched alkanes of at least 4 members (excludes halogenated alkanes) is 1. The van der Waals surface area contributed by atoms with Gasteiger partial charge in [0, 0.05) is 24.5 Å². The molecular weight excluding hydrogens is 252 g/mol. The van der Waals surface area contributed by atoms with E-state index in [0.717, 1.165) is 18.2 Å². The first kappa shape index (κ1) is 13.9. The van der Waals surface area contributed by atoms with Crippen LogP contribution < -0.4 is 0 Å². The van der Waals surface area contributed by atoms with Gasteiger partial charge >= 0.3 is 5.97 Å². The fraction of sp³-hybridized carbons (Fsp3) is 0.889. The van der Waals surface area contributed by atoms with Crippen LogP contribution in [0.4, 0.5) is 0 Å². The van der Waals surface area contributed by atoms with Crippen molar-refractivity contribution >= 4 is 21.9 Å². The van der Waals surface area contributed by atoms with Crippen molar-refractivity contribution in [3.8, 4) is 0 Å². The minimum Gasteiger partial charge on any atom is -0.466 e. The Morgan fingerprint density at radius 1 is 1.29 bits per heavy atom. The van der Waals surface area contributed by atoms with Crippen molar-refractivity contribution in [1.82, 2.24) is 0 Å². The molecule has 0 aliphatic heterocycles. The molecule has 5 heteroatoms. The fourth-order valence-corrected chi connectivity index (χ4v) is 1.26. The van der Waals surface area contributed by atoms with E-state index >= 15 is 0 Å². The number of rotatable bonds is 8. The minimum atomic E-state index is -0.390. The molecule has 0 rings (SSSR count). The zero-order valence-electron chi connectivity index (χ0n) is 8.12. The summed E-state index contributed by atoms with van der Waals surface area (Å²) in [5.74, 6) is -0.744. The van der Waals surface area contributed by atoms with Crippen LogP contribution in [0.15, 0.2) is 0 Å². The van der Waals surface area contributed by atoms with Crippen LogP contribution in [0.2, 0.25) is 0 Å². The Hall–Kier alpha value is -0.130. The standard InChI is InChI=1S/C9H17BrO4/c10-3-1-2-4-14-9(13)5-8(6-11)7-12/h8,11-12H,1-7H2. The van der Waals surface area contributed by atoms with E-state index in [1.165, 1.54) is 0 Å². The van der Waals surface area contributed by atoms with Gasteiger partial charge in [-0.2, -0.15) is 0 Å². The molecule has 2 N–H and O–H groups in total. The number of halogens is 1. The average molecular weight is 269 g/mol. The Bertz CT molecular complexity index is 148. The van der Waals surface area contributed by atoms with Crippen molar-refractivity contribution in [1.29, 1.82) is 0 Å². The predicted molar refractivity (Wildman–Crippen MR) is 56.3 cm³/mol. The molecule has 0 atom stereocenters. The van der Waals surface area contributed by atoms with Gasteiger partial charge in [0.05, 0.1) is 13.0 Å². The van der Waals surface area contributed by atoms with Crippen molar-refractivity contribution in [3.63, 3.8) is 0 Å². The molecule has 0 heterocycles. The van der Waals surface area contributed by atoms with Crippen LogP contribution in [-0.2, 0) is 9.53 Å².